The summed E-state index contributed by atoms with van der Waals surface area (Å²) in [6.07, 6.45) is 2.11. The molecule has 0 unspecified atom stereocenters. The lowest BCUT2D eigenvalue weighted by atomic mass is 9.94. The Morgan fingerprint density at radius 3 is 2.03 bits per heavy atom. The number of piperazine rings is 2. The molecular weight excluding hydrogens is 803 g/mol. The molecule has 324 valence electrons. The molecule has 1 aromatic heterocycles. The summed E-state index contributed by atoms with van der Waals surface area (Å²) in [4.78, 5) is 61.6. The fourth-order valence-electron chi connectivity index (χ4n) is 8.95. The van der Waals surface area contributed by atoms with Crippen molar-refractivity contribution >= 4 is 28.5 Å². The smallest absolute Gasteiger partial charge is 0.272 e. The molecular formula is C47H49F4N7O4. The Morgan fingerprint density at radius 1 is 0.694 bits per heavy atom. The molecule has 8 rings (SSSR count). The molecule has 3 fully saturated rings. The van der Waals surface area contributed by atoms with Gasteiger partial charge >= 0.3 is 0 Å². The van der Waals surface area contributed by atoms with E-state index in [1.54, 1.807) is 47.1 Å². The molecule has 0 saturated carbocycles. The zero-order valence-electron chi connectivity index (χ0n) is 34.6. The molecule has 62 heavy (non-hydrogen) atoms. The van der Waals surface area contributed by atoms with Crippen LogP contribution in [-0.4, -0.2) is 131 Å². The third-order valence-corrected chi connectivity index (χ3v) is 12.6. The molecule has 3 saturated heterocycles. The van der Waals surface area contributed by atoms with Gasteiger partial charge in [-0.3, -0.25) is 24.1 Å². The number of aromatic amines is 1. The first-order valence-corrected chi connectivity index (χ1v) is 21.3. The van der Waals surface area contributed by atoms with Gasteiger partial charge in [-0.05, 0) is 72.2 Å². The molecule has 1 N–H and O–H groups in total. The highest BCUT2D eigenvalue weighted by molar-refractivity contribution is 5.96. The molecule has 4 heterocycles. The van der Waals surface area contributed by atoms with E-state index in [2.05, 4.69) is 20.0 Å². The minimum Gasteiger partial charge on any atom is -0.338 e. The molecule has 0 bridgehead atoms. The molecule has 11 nitrogen and oxygen atoms in total. The zero-order valence-corrected chi connectivity index (χ0v) is 34.6. The number of hydrogen-bond donors (Lipinski definition) is 1. The van der Waals surface area contributed by atoms with Gasteiger partial charge in [0.1, 0.15) is 28.8 Å². The molecule has 0 atom stereocenters. The van der Waals surface area contributed by atoms with Crippen molar-refractivity contribution in [1.82, 2.24) is 34.7 Å². The van der Waals surface area contributed by atoms with Crippen LogP contribution >= 0.6 is 0 Å². The van der Waals surface area contributed by atoms with E-state index in [-0.39, 0.29) is 47.8 Å². The number of benzene rings is 4. The van der Waals surface area contributed by atoms with Crippen molar-refractivity contribution in [2.24, 2.45) is 5.92 Å². The molecule has 3 amide bonds. The van der Waals surface area contributed by atoms with Gasteiger partial charge < -0.3 is 19.6 Å². The lowest BCUT2D eigenvalue weighted by molar-refractivity contribution is -0.134. The lowest BCUT2D eigenvalue weighted by Crippen LogP contribution is -2.55. The predicted octanol–water partition coefficient (Wildman–Crippen LogP) is 5.75. The number of aryl methyl sites for hydroxylation is 1. The Morgan fingerprint density at radius 2 is 1.34 bits per heavy atom. The molecule has 15 heteroatoms. The van der Waals surface area contributed by atoms with Crippen LogP contribution in [0.4, 0.5) is 17.6 Å². The van der Waals surface area contributed by atoms with E-state index < -0.39 is 40.6 Å². The number of H-pyrrole nitrogens is 1. The number of carbonyl (C=O) groups is 3. The number of halogens is 4. The summed E-state index contributed by atoms with van der Waals surface area (Å²) in [6, 6.07) is 18.3. The Kier molecular flexibility index (Phi) is 12.8. The number of amides is 3. The quantitative estimate of drug-likeness (QED) is 0.178. The summed E-state index contributed by atoms with van der Waals surface area (Å²) >= 11 is 0. The minimum absolute atomic E-state index is 0.0169. The van der Waals surface area contributed by atoms with Crippen LogP contribution in [0.25, 0.3) is 21.9 Å². The number of nitrogens with zero attached hydrogens (tertiary/aromatic N) is 6. The highest BCUT2D eigenvalue weighted by atomic mass is 19.1. The third kappa shape index (κ3) is 9.14. The number of likely N-dealkylation sites (tertiary alicyclic amines) is 1. The van der Waals surface area contributed by atoms with Crippen molar-refractivity contribution in [3.8, 4) is 11.1 Å². The van der Waals surface area contributed by atoms with E-state index in [1.165, 1.54) is 23.1 Å². The normalized spacial score (nSPS) is 16.9. The lowest BCUT2D eigenvalue weighted by Gasteiger charge is -2.40. The van der Waals surface area contributed by atoms with Crippen molar-refractivity contribution in [3.05, 3.63) is 134 Å². The Bertz CT molecular complexity index is 2520. The average molecular weight is 852 g/mol. The van der Waals surface area contributed by atoms with Crippen molar-refractivity contribution in [3.63, 3.8) is 0 Å². The number of aromatic nitrogens is 2. The monoisotopic (exact) mass is 851 g/mol. The van der Waals surface area contributed by atoms with Gasteiger partial charge in [0.25, 0.3) is 17.4 Å². The van der Waals surface area contributed by atoms with Crippen LogP contribution in [0.1, 0.15) is 57.3 Å². The van der Waals surface area contributed by atoms with Crippen molar-refractivity contribution in [2.45, 2.75) is 32.6 Å². The molecule has 0 radical (unpaired) electrons. The molecule has 3 aliphatic rings. The maximum atomic E-state index is 15.3. The first-order valence-electron chi connectivity index (χ1n) is 21.3. The SMILES string of the molecule is CCc1cccc(-c2cc(F)c(C(=O)N3CCC(CN4CCN(CC(=O)N5CCN(C(=O)c6cc(Cc7n[nH]c(=O)c8ccccc78)ccc6F)CC5)CC4)CC3)c(F)c2)c1F. The summed E-state index contributed by atoms with van der Waals surface area (Å²) in [5.41, 5.74) is 0.897. The minimum atomic E-state index is -1.01. The number of hydrogen-bond acceptors (Lipinski definition) is 7. The maximum absolute atomic E-state index is 15.3. The fourth-order valence-corrected chi connectivity index (χ4v) is 8.95. The van der Waals surface area contributed by atoms with Gasteiger partial charge in [-0.1, -0.05) is 49.4 Å². The van der Waals surface area contributed by atoms with E-state index in [9.17, 15) is 23.6 Å². The molecule has 0 aliphatic carbocycles. The number of nitrogens with one attached hydrogen (secondary N) is 1. The highest BCUT2D eigenvalue weighted by Gasteiger charge is 2.32. The summed E-state index contributed by atoms with van der Waals surface area (Å²) in [7, 11) is 0. The standard InChI is InChI=1S/C47H49F4N7O4/c1-2-32-6-5-9-34(44(32)51)33-26-39(49)43(40(50)27-33)47(62)57-14-12-30(13-15-57)28-54-16-18-55(19-17-54)29-42(59)56-20-22-58(23-21-56)46(61)37-24-31(10-11-38(37)48)25-41-35-7-3-4-8-36(35)45(60)53-52-41/h3-11,24,26-27,30H,2,12-23,25,28-29H2,1H3,(H,53,60). The van der Waals surface area contributed by atoms with E-state index in [1.807, 2.05) is 12.1 Å². The first kappa shape index (κ1) is 42.7. The van der Waals surface area contributed by atoms with Crippen molar-refractivity contribution < 1.29 is 31.9 Å². The van der Waals surface area contributed by atoms with E-state index in [0.29, 0.717) is 98.5 Å². The summed E-state index contributed by atoms with van der Waals surface area (Å²) in [5, 5.41) is 7.91. The third-order valence-electron chi connectivity index (χ3n) is 12.6. The van der Waals surface area contributed by atoms with Crippen LogP contribution in [0, 0.1) is 29.2 Å². The highest BCUT2D eigenvalue weighted by Crippen LogP contribution is 2.30. The van der Waals surface area contributed by atoms with Crippen molar-refractivity contribution in [2.75, 3.05) is 78.5 Å². The largest absolute Gasteiger partial charge is 0.338 e. The van der Waals surface area contributed by atoms with Crippen LogP contribution in [0.3, 0.4) is 0 Å². The van der Waals surface area contributed by atoms with Crippen LogP contribution in [0.2, 0.25) is 0 Å². The molecule has 3 aliphatic heterocycles. The average Bonchev–Trinajstić information content (AvgIpc) is 3.28. The van der Waals surface area contributed by atoms with Gasteiger partial charge in [-0.15, -0.1) is 0 Å². The fraction of sp³-hybridized carbons (Fsp3) is 0.383. The second kappa shape index (κ2) is 18.6. The summed E-state index contributed by atoms with van der Waals surface area (Å²) in [6.45, 7) is 7.86. The van der Waals surface area contributed by atoms with Crippen LogP contribution < -0.4 is 5.56 Å². The Balaban J connectivity index is 0.767. The number of fused-ring (bicyclic) bond motifs is 1. The zero-order chi connectivity index (χ0) is 43.5. The van der Waals surface area contributed by atoms with Crippen LogP contribution in [-0.2, 0) is 17.6 Å². The van der Waals surface area contributed by atoms with Crippen molar-refractivity contribution in [1.29, 1.82) is 0 Å². The van der Waals surface area contributed by atoms with Gasteiger partial charge in [0.15, 0.2) is 0 Å². The summed E-state index contributed by atoms with van der Waals surface area (Å²) < 4.78 is 60.4. The number of carbonyl (C=O) groups excluding carboxylic acids is 3. The number of piperidine rings is 1. The van der Waals surface area contributed by atoms with Gasteiger partial charge in [0.2, 0.25) is 5.91 Å². The van der Waals surface area contributed by atoms with Gasteiger partial charge in [-0.25, -0.2) is 22.7 Å². The van der Waals surface area contributed by atoms with E-state index in [4.69, 9.17) is 0 Å². The predicted molar refractivity (Wildman–Crippen MR) is 227 cm³/mol. The van der Waals surface area contributed by atoms with Gasteiger partial charge in [0.05, 0.1) is 23.2 Å². The molecule has 4 aromatic carbocycles. The van der Waals surface area contributed by atoms with Crippen LogP contribution in [0.15, 0.2) is 77.6 Å². The Hall–Kier alpha value is -5.93. The van der Waals surface area contributed by atoms with E-state index >= 15 is 13.2 Å². The van der Waals surface area contributed by atoms with Gasteiger partial charge in [-0.2, -0.15) is 5.10 Å². The van der Waals surface area contributed by atoms with E-state index in [0.717, 1.165) is 31.8 Å². The van der Waals surface area contributed by atoms with Crippen LogP contribution in [0.5, 0.6) is 0 Å². The topological polar surface area (TPSA) is 113 Å². The Labute approximate surface area is 356 Å². The number of rotatable bonds is 10. The second-order valence-electron chi connectivity index (χ2n) is 16.5. The molecule has 0 spiro atoms. The summed E-state index contributed by atoms with van der Waals surface area (Å²) in [5.74, 6) is -4.03. The van der Waals surface area contributed by atoms with Gasteiger partial charge in [0, 0.05) is 89.4 Å². The maximum Gasteiger partial charge on any atom is 0.272 e. The first-order chi connectivity index (χ1) is 30.0. The second-order valence-corrected chi connectivity index (χ2v) is 16.5. The molecule has 5 aromatic rings.